The summed E-state index contributed by atoms with van der Waals surface area (Å²) in [7, 11) is 0. The number of pyridine rings is 1. The monoisotopic (exact) mass is 236 g/mol. The van der Waals surface area contributed by atoms with Gasteiger partial charge in [-0.25, -0.2) is 0 Å². The highest BCUT2D eigenvalue weighted by atomic mass is 16.5. The standard InChI is InChI=1S/C13H20N2O2/c1-3-17-13(16)10-11(2)15-9-6-12-4-7-14-8-5-12/h4-5,7-8,11,15H,3,6,9-10H2,1-2H3. The second kappa shape index (κ2) is 7.79. The van der Waals surface area contributed by atoms with Crippen LogP contribution in [0.25, 0.3) is 0 Å². The molecule has 0 aliphatic carbocycles. The molecule has 0 aliphatic heterocycles. The lowest BCUT2D eigenvalue weighted by Gasteiger charge is -2.12. The Hall–Kier alpha value is -1.42. The van der Waals surface area contributed by atoms with Crippen LogP contribution in [0.1, 0.15) is 25.8 Å². The minimum absolute atomic E-state index is 0.142. The largest absolute Gasteiger partial charge is 0.466 e. The molecule has 17 heavy (non-hydrogen) atoms. The van der Waals surface area contributed by atoms with Gasteiger partial charge in [0.1, 0.15) is 0 Å². The van der Waals surface area contributed by atoms with Crippen LogP contribution in [-0.2, 0) is 16.0 Å². The number of aromatic nitrogens is 1. The van der Waals surface area contributed by atoms with E-state index in [1.807, 2.05) is 26.0 Å². The number of carbonyl (C=O) groups excluding carboxylic acids is 1. The molecule has 0 aliphatic rings. The number of hydrogen-bond acceptors (Lipinski definition) is 4. The summed E-state index contributed by atoms with van der Waals surface area (Å²) in [6.07, 6.45) is 4.94. The van der Waals surface area contributed by atoms with Gasteiger partial charge in [-0.3, -0.25) is 9.78 Å². The Morgan fingerprint density at radius 2 is 2.18 bits per heavy atom. The van der Waals surface area contributed by atoms with Crippen molar-refractivity contribution in [3.05, 3.63) is 30.1 Å². The van der Waals surface area contributed by atoms with Crippen LogP contribution in [-0.4, -0.2) is 30.1 Å². The van der Waals surface area contributed by atoms with Crippen molar-refractivity contribution >= 4 is 5.97 Å². The van der Waals surface area contributed by atoms with Gasteiger partial charge in [-0.05, 0) is 44.5 Å². The molecule has 1 atom stereocenters. The highest BCUT2D eigenvalue weighted by Gasteiger charge is 2.08. The maximum Gasteiger partial charge on any atom is 0.307 e. The number of ether oxygens (including phenoxy) is 1. The van der Waals surface area contributed by atoms with Crippen molar-refractivity contribution in [1.29, 1.82) is 0 Å². The van der Waals surface area contributed by atoms with E-state index in [2.05, 4.69) is 10.3 Å². The van der Waals surface area contributed by atoms with Crippen LogP contribution in [0.15, 0.2) is 24.5 Å². The molecule has 1 heterocycles. The summed E-state index contributed by atoms with van der Waals surface area (Å²) >= 11 is 0. The minimum Gasteiger partial charge on any atom is -0.466 e. The molecule has 1 rings (SSSR count). The third-order valence-electron chi connectivity index (χ3n) is 2.43. The van der Waals surface area contributed by atoms with Crippen LogP contribution in [0.2, 0.25) is 0 Å². The predicted octanol–water partition coefficient (Wildman–Crippen LogP) is 1.56. The van der Waals surface area contributed by atoms with Crippen molar-refractivity contribution in [1.82, 2.24) is 10.3 Å². The normalized spacial score (nSPS) is 12.1. The van der Waals surface area contributed by atoms with Crippen LogP contribution < -0.4 is 5.32 Å². The van der Waals surface area contributed by atoms with E-state index in [1.54, 1.807) is 12.4 Å². The van der Waals surface area contributed by atoms with Crippen LogP contribution >= 0.6 is 0 Å². The Kier molecular flexibility index (Phi) is 6.25. The second-order valence-electron chi connectivity index (χ2n) is 3.97. The highest BCUT2D eigenvalue weighted by molar-refractivity contribution is 5.69. The first-order valence-corrected chi connectivity index (χ1v) is 6.00. The van der Waals surface area contributed by atoms with E-state index in [0.29, 0.717) is 13.0 Å². The predicted molar refractivity (Wildman–Crippen MR) is 66.7 cm³/mol. The summed E-state index contributed by atoms with van der Waals surface area (Å²) in [5.41, 5.74) is 1.25. The lowest BCUT2D eigenvalue weighted by Crippen LogP contribution is -2.30. The number of carbonyl (C=O) groups is 1. The second-order valence-corrected chi connectivity index (χ2v) is 3.97. The Bertz CT molecular complexity index is 327. The molecule has 1 aromatic heterocycles. The molecule has 0 fully saturated rings. The van der Waals surface area contributed by atoms with Crippen LogP contribution in [0.5, 0.6) is 0 Å². The summed E-state index contributed by atoms with van der Waals surface area (Å²) in [6.45, 7) is 5.11. The molecule has 0 spiro atoms. The number of nitrogens with one attached hydrogen (secondary N) is 1. The summed E-state index contributed by atoms with van der Waals surface area (Å²) < 4.78 is 4.89. The number of rotatable bonds is 7. The van der Waals surface area contributed by atoms with Gasteiger partial charge in [-0.2, -0.15) is 0 Å². The van der Waals surface area contributed by atoms with Gasteiger partial charge in [-0.1, -0.05) is 0 Å². The lowest BCUT2D eigenvalue weighted by molar-refractivity contribution is -0.143. The quantitative estimate of drug-likeness (QED) is 0.730. The van der Waals surface area contributed by atoms with Gasteiger partial charge in [0.2, 0.25) is 0 Å². The van der Waals surface area contributed by atoms with Gasteiger partial charge in [0, 0.05) is 18.4 Å². The van der Waals surface area contributed by atoms with E-state index in [-0.39, 0.29) is 12.0 Å². The molecule has 1 N–H and O–H groups in total. The molecule has 0 radical (unpaired) electrons. The average Bonchev–Trinajstić information content (AvgIpc) is 2.30. The maximum absolute atomic E-state index is 11.2. The van der Waals surface area contributed by atoms with Gasteiger partial charge < -0.3 is 10.1 Å². The molecule has 0 saturated carbocycles. The summed E-state index contributed by atoms with van der Waals surface area (Å²) in [6, 6.07) is 4.14. The number of esters is 1. The Morgan fingerprint density at radius 1 is 1.47 bits per heavy atom. The van der Waals surface area contributed by atoms with Crippen LogP contribution in [0.4, 0.5) is 0 Å². The van der Waals surface area contributed by atoms with Gasteiger partial charge in [0.15, 0.2) is 0 Å². The minimum atomic E-state index is -0.142. The Balaban J connectivity index is 2.16. The average molecular weight is 236 g/mol. The lowest BCUT2D eigenvalue weighted by atomic mass is 10.2. The number of nitrogens with zero attached hydrogens (tertiary/aromatic N) is 1. The smallest absolute Gasteiger partial charge is 0.307 e. The van der Waals surface area contributed by atoms with Crippen molar-refractivity contribution < 1.29 is 9.53 Å². The fourth-order valence-corrected chi connectivity index (χ4v) is 1.55. The Labute approximate surface area is 102 Å². The first-order valence-electron chi connectivity index (χ1n) is 6.00. The molecule has 4 heteroatoms. The van der Waals surface area contributed by atoms with Gasteiger partial charge >= 0.3 is 5.97 Å². The third kappa shape index (κ3) is 6.02. The van der Waals surface area contributed by atoms with Crippen molar-refractivity contribution in [2.45, 2.75) is 32.7 Å². The van der Waals surface area contributed by atoms with Crippen molar-refractivity contribution in [2.24, 2.45) is 0 Å². The first-order chi connectivity index (χ1) is 8.22. The van der Waals surface area contributed by atoms with E-state index in [4.69, 9.17) is 4.74 Å². The Morgan fingerprint density at radius 3 is 2.82 bits per heavy atom. The fourth-order valence-electron chi connectivity index (χ4n) is 1.55. The van der Waals surface area contributed by atoms with Crippen molar-refractivity contribution in [3.8, 4) is 0 Å². The summed E-state index contributed by atoms with van der Waals surface area (Å²) in [4.78, 5) is 15.2. The topological polar surface area (TPSA) is 51.2 Å². The third-order valence-corrected chi connectivity index (χ3v) is 2.43. The van der Waals surface area contributed by atoms with Crippen LogP contribution in [0.3, 0.4) is 0 Å². The summed E-state index contributed by atoms with van der Waals surface area (Å²) in [5, 5.41) is 3.30. The van der Waals surface area contributed by atoms with Crippen LogP contribution in [0, 0.1) is 0 Å². The molecule has 0 saturated heterocycles. The maximum atomic E-state index is 11.2. The van der Waals surface area contributed by atoms with Gasteiger partial charge in [-0.15, -0.1) is 0 Å². The zero-order valence-electron chi connectivity index (χ0n) is 10.5. The van der Waals surface area contributed by atoms with E-state index in [9.17, 15) is 4.79 Å². The molecule has 1 unspecified atom stereocenters. The fraction of sp³-hybridized carbons (Fsp3) is 0.538. The van der Waals surface area contributed by atoms with Gasteiger partial charge in [0.05, 0.1) is 13.0 Å². The molecule has 1 aromatic rings. The molecule has 0 amide bonds. The van der Waals surface area contributed by atoms with Crippen molar-refractivity contribution in [2.75, 3.05) is 13.2 Å². The molecule has 0 bridgehead atoms. The van der Waals surface area contributed by atoms with Crippen molar-refractivity contribution in [3.63, 3.8) is 0 Å². The molecule has 0 aromatic carbocycles. The van der Waals surface area contributed by atoms with E-state index < -0.39 is 0 Å². The van der Waals surface area contributed by atoms with E-state index >= 15 is 0 Å². The molecular weight excluding hydrogens is 216 g/mol. The van der Waals surface area contributed by atoms with Gasteiger partial charge in [0.25, 0.3) is 0 Å². The highest BCUT2D eigenvalue weighted by Crippen LogP contribution is 1.98. The zero-order valence-corrected chi connectivity index (χ0v) is 10.5. The van der Waals surface area contributed by atoms with E-state index in [0.717, 1.165) is 13.0 Å². The molecule has 4 nitrogen and oxygen atoms in total. The number of hydrogen-bond donors (Lipinski definition) is 1. The van der Waals surface area contributed by atoms with E-state index in [1.165, 1.54) is 5.56 Å². The SMILES string of the molecule is CCOC(=O)CC(C)NCCc1ccncc1. The molecule has 94 valence electrons. The zero-order chi connectivity index (χ0) is 12.5. The first kappa shape index (κ1) is 13.6. The summed E-state index contributed by atoms with van der Waals surface area (Å²) in [5.74, 6) is -0.142. The molecular formula is C13H20N2O2.